The van der Waals surface area contributed by atoms with Gasteiger partial charge in [-0.1, -0.05) is 11.3 Å². The summed E-state index contributed by atoms with van der Waals surface area (Å²) >= 11 is 7.29. The number of aromatic nitrogens is 4. The Morgan fingerprint density at radius 1 is 1.05 bits per heavy atom. The van der Waals surface area contributed by atoms with Crippen molar-refractivity contribution in [2.24, 2.45) is 0 Å². The predicted molar refractivity (Wildman–Crippen MR) is 77.5 cm³/mol. The van der Waals surface area contributed by atoms with E-state index in [-0.39, 0.29) is 0 Å². The van der Waals surface area contributed by atoms with Crippen molar-refractivity contribution in [3.63, 3.8) is 0 Å². The molecule has 0 radical (unpaired) electrons. The van der Waals surface area contributed by atoms with E-state index >= 15 is 0 Å². The van der Waals surface area contributed by atoms with Crippen LogP contribution < -0.4 is 0 Å². The van der Waals surface area contributed by atoms with Crippen LogP contribution in [0.4, 0.5) is 0 Å². The van der Waals surface area contributed by atoms with Crippen LogP contribution in [0.3, 0.4) is 0 Å². The minimum Gasteiger partial charge on any atom is -0.253 e. The van der Waals surface area contributed by atoms with Gasteiger partial charge in [0.15, 0.2) is 0 Å². The first-order valence-corrected chi connectivity index (χ1v) is 7.31. The number of hydrogen-bond acceptors (Lipinski definition) is 5. The van der Waals surface area contributed by atoms with Gasteiger partial charge in [0, 0.05) is 30.3 Å². The third kappa shape index (κ3) is 2.72. The molecular formula is C13H11ClN4S. The number of alkyl halides is 1. The summed E-state index contributed by atoms with van der Waals surface area (Å²) < 4.78 is 0. The number of fused-ring (bicyclic) bond motifs is 1. The van der Waals surface area contributed by atoms with Crippen molar-refractivity contribution in [3.05, 3.63) is 35.6 Å². The Kier molecular flexibility index (Phi) is 3.66. The van der Waals surface area contributed by atoms with Crippen molar-refractivity contribution in [1.29, 1.82) is 0 Å². The molecule has 3 rings (SSSR count). The summed E-state index contributed by atoms with van der Waals surface area (Å²) in [5.74, 6) is 0.653. The van der Waals surface area contributed by atoms with Crippen LogP contribution in [0.15, 0.2) is 30.6 Å². The summed E-state index contributed by atoms with van der Waals surface area (Å²) in [6.07, 6.45) is 5.20. The molecule has 0 aliphatic heterocycles. The lowest BCUT2D eigenvalue weighted by Crippen LogP contribution is -1.84. The maximum Gasteiger partial charge on any atom is 0.147 e. The van der Waals surface area contributed by atoms with Crippen LogP contribution >= 0.6 is 22.9 Å². The zero-order valence-corrected chi connectivity index (χ0v) is 11.7. The molecule has 0 spiro atoms. The molecule has 0 fully saturated rings. The predicted octanol–water partition coefficient (Wildman–Crippen LogP) is 3.32. The summed E-state index contributed by atoms with van der Waals surface area (Å²) in [5.41, 5.74) is 2.79. The van der Waals surface area contributed by atoms with Gasteiger partial charge in [0.1, 0.15) is 10.0 Å². The number of halogens is 1. The van der Waals surface area contributed by atoms with E-state index in [0.29, 0.717) is 5.88 Å². The van der Waals surface area contributed by atoms with E-state index in [1.165, 1.54) is 0 Å². The second kappa shape index (κ2) is 5.59. The number of rotatable bonds is 4. The Hall–Kier alpha value is -1.59. The van der Waals surface area contributed by atoms with Gasteiger partial charge in [-0.25, -0.2) is 0 Å². The standard InChI is InChI=1S/C13H11ClN4S/c14-5-1-2-12-17-18-13(19-12)9-3-4-10-11(8-9)16-7-6-15-10/h3-4,6-8H,1-2,5H2. The number of nitrogens with zero attached hydrogens (tertiary/aromatic N) is 4. The van der Waals surface area contributed by atoms with Gasteiger partial charge in [0.25, 0.3) is 0 Å². The molecule has 3 aromatic rings. The molecule has 0 atom stereocenters. The molecule has 6 heteroatoms. The third-order valence-corrected chi connectivity index (χ3v) is 4.01. The lowest BCUT2D eigenvalue weighted by molar-refractivity contribution is 0.884. The minimum atomic E-state index is 0.653. The third-order valence-electron chi connectivity index (χ3n) is 2.71. The monoisotopic (exact) mass is 290 g/mol. The highest BCUT2D eigenvalue weighted by Crippen LogP contribution is 2.26. The molecule has 19 heavy (non-hydrogen) atoms. The van der Waals surface area contributed by atoms with Crippen molar-refractivity contribution < 1.29 is 0 Å². The molecule has 0 aliphatic rings. The van der Waals surface area contributed by atoms with E-state index in [1.807, 2.05) is 18.2 Å². The molecule has 0 saturated carbocycles. The average molecular weight is 291 g/mol. The second-order valence-electron chi connectivity index (χ2n) is 4.05. The maximum atomic E-state index is 5.68. The Labute approximate surface area is 119 Å². The molecule has 0 unspecified atom stereocenters. The number of benzene rings is 1. The topological polar surface area (TPSA) is 51.6 Å². The zero-order valence-electron chi connectivity index (χ0n) is 10.1. The van der Waals surface area contributed by atoms with Gasteiger partial charge in [-0.05, 0) is 24.6 Å². The van der Waals surface area contributed by atoms with E-state index in [4.69, 9.17) is 11.6 Å². The molecule has 0 saturated heterocycles. The van der Waals surface area contributed by atoms with Crippen molar-refractivity contribution in [2.75, 3.05) is 5.88 Å². The fourth-order valence-corrected chi connectivity index (χ4v) is 2.80. The van der Waals surface area contributed by atoms with Crippen molar-refractivity contribution in [2.45, 2.75) is 12.8 Å². The van der Waals surface area contributed by atoms with E-state index in [9.17, 15) is 0 Å². The van der Waals surface area contributed by atoms with Gasteiger partial charge in [-0.15, -0.1) is 21.8 Å². The van der Waals surface area contributed by atoms with E-state index in [2.05, 4.69) is 20.2 Å². The second-order valence-corrected chi connectivity index (χ2v) is 5.49. The molecule has 0 bridgehead atoms. The lowest BCUT2D eigenvalue weighted by atomic mass is 10.2. The zero-order chi connectivity index (χ0) is 13.1. The van der Waals surface area contributed by atoms with Crippen LogP contribution in [0.25, 0.3) is 21.6 Å². The Balaban J connectivity index is 1.92. The summed E-state index contributed by atoms with van der Waals surface area (Å²) in [5, 5.41) is 10.3. The Bertz CT molecular complexity index is 698. The normalized spacial score (nSPS) is 11.0. The van der Waals surface area contributed by atoms with E-state index < -0.39 is 0 Å². The van der Waals surface area contributed by atoms with Gasteiger partial charge in [0.05, 0.1) is 11.0 Å². The van der Waals surface area contributed by atoms with E-state index in [0.717, 1.165) is 39.5 Å². The molecule has 0 aliphatic carbocycles. The molecule has 0 N–H and O–H groups in total. The Morgan fingerprint density at radius 2 is 1.89 bits per heavy atom. The van der Waals surface area contributed by atoms with Crippen LogP contribution in [0.1, 0.15) is 11.4 Å². The summed E-state index contributed by atoms with van der Waals surface area (Å²) in [6, 6.07) is 5.95. The minimum absolute atomic E-state index is 0.653. The fourth-order valence-electron chi connectivity index (χ4n) is 1.79. The quantitative estimate of drug-likeness (QED) is 0.692. The summed E-state index contributed by atoms with van der Waals surface area (Å²) in [7, 11) is 0. The van der Waals surface area contributed by atoms with Gasteiger partial charge in [-0.3, -0.25) is 9.97 Å². The van der Waals surface area contributed by atoms with Gasteiger partial charge < -0.3 is 0 Å². The highest BCUT2D eigenvalue weighted by molar-refractivity contribution is 7.14. The highest BCUT2D eigenvalue weighted by Gasteiger charge is 2.07. The molecular weight excluding hydrogens is 280 g/mol. The molecule has 96 valence electrons. The molecule has 2 aromatic heterocycles. The number of hydrogen-bond donors (Lipinski definition) is 0. The average Bonchev–Trinajstić information content (AvgIpc) is 2.93. The first kappa shape index (κ1) is 12.4. The molecule has 1 aromatic carbocycles. The van der Waals surface area contributed by atoms with Crippen LogP contribution in [0.2, 0.25) is 0 Å². The first-order chi connectivity index (χ1) is 9.36. The van der Waals surface area contributed by atoms with Gasteiger partial charge in [0.2, 0.25) is 0 Å². The largest absolute Gasteiger partial charge is 0.253 e. The highest BCUT2D eigenvalue weighted by atomic mass is 35.5. The first-order valence-electron chi connectivity index (χ1n) is 5.96. The summed E-state index contributed by atoms with van der Waals surface area (Å²) in [4.78, 5) is 8.55. The van der Waals surface area contributed by atoms with E-state index in [1.54, 1.807) is 23.7 Å². The lowest BCUT2D eigenvalue weighted by Gasteiger charge is -1.98. The van der Waals surface area contributed by atoms with Crippen LogP contribution in [-0.4, -0.2) is 26.0 Å². The fraction of sp³-hybridized carbons (Fsp3) is 0.231. The van der Waals surface area contributed by atoms with Crippen LogP contribution in [0, 0.1) is 0 Å². The summed E-state index contributed by atoms with van der Waals surface area (Å²) in [6.45, 7) is 0. The smallest absolute Gasteiger partial charge is 0.147 e. The van der Waals surface area contributed by atoms with Crippen molar-refractivity contribution in [1.82, 2.24) is 20.2 Å². The van der Waals surface area contributed by atoms with Gasteiger partial charge in [-0.2, -0.15) is 0 Å². The van der Waals surface area contributed by atoms with Crippen molar-refractivity contribution >= 4 is 34.0 Å². The van der Waals surface area contributed by atoms with Crippen LogP contribution in [-0.2, 0) is 6.42 Å². The number of aryl methyl sites for hydroxylation is 1. The maximum absolute atomic E-state index is 5.68. The SMILES string of the molecule is ClCCCc1nnc(-c2ccc3nccnc3c2)s1. The Morgan fingerprint density at radius 3 is 2.74 bits per heavy atom. The van der Waals surface area contributed by atoms with Crippen molar-refractivity contribution in [3.8, 4) is 10.6 Å². The molecule has 2 heterocycles. The molecule has 0 amide bonds. The molecule has 4 nitrogen and oxygen atoms in total. The van der Waals surface area contributed by atoms with Gasteiger partial charge >= 0.3 is 0 Å². The van der Waals surface area contributed by atoms with Crippen LogP contribution in [0.5, 0.6) is 0 Å².